The highest BCUT2D eigenvalue weighted by atomic mass is 32.2. The summed E-state index contributed by atoms with van der Waals surface area (Å²) in [6.07, 6.45) is 2.44. The molecule has 0 unspecified atom stereocenters. The van der Waals surface area contributed by atoms with Gasteiger partial charge in [0.05, 0.1) is 16.8 Å². The number of anilines is 1. The maximum atomic E-state index is 12.2. The van der Waals surface area contributed by atoms with E-state index in [9.17, 15) is 16.8 Å². The molecular weight excluding hydrogens is 304 g/mol. The molecule has 1 heterocycles. The fourth-order valence-electron chi connectivity index (χ4n) is 1.52. The summed E-state index contributed by atoms with van der Waals surface area (Å²) < 4.78 is 47.7. The van der Waals surface area contributed by atoms with Crippen LogP contribution in [0, 0.1) is 0 Å². The van der Waals surface area contributed by atoms with Gasteiger partial charge in [-0.1, -0.05) is 0 Å². The van der Waals surface area contributed by atoms with Crippen LogP contribution < -0.4 is 9.44 Å². The lowest BCUT2D eigenvalue weighted by atomic mass is 10.3. The van der Waals surface area contributed by atoms with Gasteiger partial charge >= 0.3 is 0 Å². The smallest absolute Gasteiger partial charge is 0.267 e. The van der Waals surface area contributed by atoms with Crippen LogP contribution in [0.25, 0.3) is 0 Å². The van der Waals surface area contributed by atoms with E-state index in [1.54, 1.807) is 0 Å². The third-order valence-corrected chi connectivity index (χ3v) is 5.34. The van der Waals surface area contributed by atoms with Gasteiger partial charge in [0.1, 0.15) is 4.90 Å². The minimum Gasteiger partial charge on any atom is -0.284 e. The molecule has 10 heteroatoms. The molecule has 0 atom stereocenters. The van der Waals surface area contributed by atoms with Crippen LogP contribution in [0.4, 0.5) is 5.69 Å². The lowest BCUT2D eigenvalue weighted by molar-refractivity contribution is 0.594. The van der Waals surface area contributed by atoms with Gasteiger partial charge in [-0.3, -0.25) is 9.40 Å². The number of hydrogen-bond donors (Lipinski definition) is 2. The number of aromatic amines is 1. The van der Waals surface area contributed by atoms with E-state index in [0.717, 1.165) is 4.31 Å². The Hall–Kier alpha value is -1.91. The lowest BCUT2D eigenvalue weighted by Crippen LogP contribution is -2.26. The Morgan fingerprint density at radius 2 is 1.70 bits per heavy atom. The predicted molar refractivity (Wildman–Crippen MR) is 72.0 cm³/mol. The highest BCUT2D eigenvalue weighted by Gasteiger charge is 2.22. The maximum absolute atomic E-state index is 12.2. The summed E-state index contributed by atoms with van der Waals surface area (Å²) in [6, 6.07) is 5.20. The van der Waals surface area contributed by atoms with E-state index in [1.165, 1.54) is 43.7 Å². The summed E-state index contributed by atoms with van der Waals surface area (Å²) in [5, 5.41) is 11.0. The Morgan fingerprint density at radius 1 is 1.10 bits per heavy atom. The largest absolute Gasteiger partial charge is 0.284 e. The second kappa shape index (κ2) is 4.89. The maximum Gasteiger partial charge on any atom is 0.267 e. The normalized spacial score (nSPS) is 12.3. The highest BCUT2D eigenvalue weighted by Crippen LogP contribution is 2.22. The molecular formula is C10H12N4O4S2. The topological polar surface area (TPSA) is 126 Å². The minimum atomic E-state index is -3.81. The van der Waals surface area contributed by atoms with Crippen molar-refractivity contribution in [1.82, 2.24) is 10.2 Å². The molecule has 108 valence electrons. The first-order chi connectivity index (χ1) is 9.23. The number of aromatic nitrogens is 2. The molecule has 0 saturated carbocycles. The molecule has 0 amide bonds. The van der Waals surface area contributed by atoms with Gasteiger partial charge < -0.3 is 0 Å². The quantitative estimate of drug-likeness (QED) is 0.813. The fraction of sp³-hybridized carbons (Fsp3) is 0.100. The van der Waals surface area contributed by atoms with Crippen molar-refractivity contribution in [3.8, 4) is 0 Å². The van der Waals surface area contributed by atoms with Crippen molar-refractivity contribution in [2.24, 2.45) is 5.14 Å². The van der Waals surface area contributed by atoms with E-state index in [2.05, 4.69) is 10.2 Å². The number of nitrogens with one attached hydrogen (secondary N) is 1. The van der Waals surface area contributed by atoms with Crippen LogP contribution in [-0.4, -0.2) is 34.1 Å². The molecule has 2 rings (SSSR count). The first-order valence-electron chi connectivity index (χ1n) is 5.33. The zero-order valence-corrected chi connectivity index (χ0v) is 12.0. The summed E-state index contributed by atoms with van der Waals surface area (Å²) >= 11 is 0. The van der Waals surface area contributed by atoms with Gasteiger partial charge in [0, 0.05) is 13.2 Å². The van der Waals surface area contributed by atoms with Crippen LogP contribution in [-0.2, 0) is 20.0 Å². The summed E-state index contributed by atoms with van der Waals surface area (Å²) in [7, 11) is -6.19. The van der Waals surface area contributed by atoms with Gasteiger partial charge in [0.2, 0.25) is 10.0 Å². The second-order valence-corrected chi connectivity index (χ2v) is 7.48. The number of primary sulfonamides is 1. The van der Waals surface area contributed by atoms with Gasteiger partial charge in [-0.25, -0.2) is 22.0 Å². The highest BCUT2D eigenvalue weighted by molar-refractivity contribution is 7.92. The van der Waals surface area contributed by atoms with E-state index >= 15 is 0 Å². The molecule has 0 spiro atoms. The van der Waals surface area contributed by atoms with Crippen LogP contribution in [0.1, 0.15) is 0 Å². The van der Waals surface area contributed by atoms with Gasteiger partial charge in [0.25, 0.3) is 10.0 Å². The molecule has 2 aromatic rings. The molecule has 0 saturated heterocycles. The van der Waals surface area contributed by atoms with E-state index in [4.69, 9.17) is 5.14 Å². The zero-order chi connectivity index (χ0) is 15.0. The van der Waals surface area contributed by atoms with Crippen LogP contribution in [0.2, 0.25) is 0 Å². The molecule has 0 bridgehead atoms. The molecule has 1 aromatic carbocycles. The minimum absolute atomic E-state index is 0.00974. The van der Waals surface area contributed by atoms with Crippen LogP contribution in [0.15, 0.2) is 46.5 Å². The van der Waals surface area contributed by atoms with E-state index in [0.29, 0.717) is 5.69 Å². The van der Waals surface area contributed by atoms with Crippen molar-refractivity contribution in [3.05, 3.63) is 36.7 Å². The zero-order valence-electron chi connectivity index (χ0n) is 10.4. The average molecular weight is 316 g/mol. The fourth-order valence-corrected chi connectivity index (χ4v) is 3.14. The number of rotatable bonds is 4. The number of hydrogen-bond acceptors (Lipinski definition) is 5. The van der Waals surface area contributed by atoms with Gasteiger partial charge in [-0.05, 0) is 24.3 Å². The molecule has 0 aliphatic heterocycles. The number of benzene rings is 1. The Balaban J connectivity index is 2.38. The monoisotopic (exact) mass is 316 g/mol. The molecule has 1 aromatic heterocycles. The van der Waals surface area contributed by atoms with Crippen molar-refractivity contribution in [3.63, 3.8) is 0 Å². The number of H-pyrrole nitrogens is 1. The van der Waals surface area contributed by atoms with Crippen LogP contribution in [0.5, 0.6) is 0 Å². The standard InChI is InChI=1S/C10H12N4O4S2/c1-14(20(17,18)10-6-12-13-7-10)8-2-4-9(5-3-8)19(11,15)16/h2-7H,1H3,(H,12,13)(H2,11,15,16). The first kappa shape index (κ1) is 14.5. The summed E-state index contributed by atoms with van der Waals surface area (Å²) in [6.45, 7) is 0. The average Bonchev–Trinajstić information content (AvgIpc) is 2.91. The second-order valence-electron chi connectivity index (χ2n) is 3.95. The van der Waals surface area contributed by atoms with Crippen molar-refractivity contribution in [2.45, 2.75) is 9.79 Å². The van der Waals surface area contributed by atoms with Crippen molar-refractivity contribution < 1.29 is 16.8 Å². The Labute approximate surface area is 116 Å². The number of nitrogens with zero attached hydrogens (tertiary/aromatic N) is 2. The third-order valence-electron chi connectivity index (χ3n) is 2.66. The molecule has 8 nitrogen and oxygen atoms in total. The molecule has 0 fully saturated rings. The SMILES string of the molecule is CN(c1ccc(S(N)(=O)=O)cc1)S(=O)(=O)c1cn[nH]c1. The van der Waals surface area contributed by atoms with E-state index in [1.807, 2.05) is 0 Å². The van der Waals surface area contributed by atoms with Gasteiger partial charge in [0.15, 0.2) is 0 Å². The number of nitrogens with two attached hydrogens (primary N) is 1. The van der Waals surface area contributed by atoms with Crippen LogP contribution >= 0.6 is 0 Å². The Kier molecular flexibility index (Phi) is 3.54. The molecule has 0 radical (unpaired) electrons. The summed E-state index contributed by atoms with van der Waals surface area (Å²) in [5.74, 6) is 0. The third kappa shape index (κ3) is 2.66. The van der Waals surface area contributed by atoms with Crippen molar-refractivity contribution in [2.75, 3.05) is 11.4 Å². The molecule has 3 N–H and O–H groups in total. The van der Waals surface area contributed by atoms with Crippen LogP contribution in [0.3, 0.4) is 0 Å². The number of sulfonamides is 2. The Morgan fingerprint density at radius 3 is 2.15 bits per heavy atom. The van der Waals surface area contributed by atoms with E-state index in [-0.39, 0.29) is 9.79 Å². The Bertz CT molecular complexity index is 795. The predicted octanol–water partition coefficient (Wildman–Crippen LogP) is -0.118. The van der Waals surface area contributed by atoms with Gasteiger partial charge in [-0.15, -0.1) is 0 Å². The molecule has 0 aliphatic carbocycles. The summed E-state index contributed by atoms with van der Waals surface area (Å²) in [4.78, 5) is -0.0779. The first-order valence-corrected chi connectivity index (χ1v) is 8.32. The van der Waals surface area contributed by atoms with Crippen molar-refractivity contribution >= 4 is 25.7 Å². The van der Waals surface area contributed by atoms with Crippen molar-refractivity contribution in [1.29, 1.82) is 0 Å². The molecule has 20 heavy (non-hydrogen) atoms. The van der Waals surface area contributed by atoms with E-state index < -0.39 is 20.0 Å². The lowest BCUT2D eigenvalue weighted by Gasteiger charge is -2.18. The molecule has 0 aliphatic rings. The summed E-state index contributed by atoms with van der Waals surface area (Å²) in [5.41, 5.74) is 0.304. The van der Waals surface area contributed by atoms with Gasteiger partial charge in [-0.2, -0.15) is 5.10 Å².